The van der Waals surface area contributed by atoms with Crippen molar-refractivity contribution in [2.45, 2.75) is 51.1 Å². The lowest BCUT2D eigenvalue weighted by molar-refractivity contribution is -0.175. The van der Waals surface area contributed by atoms with Crippen molar-refractivity contribution in [2.24, 2.45) is 5.92 Å². The molecular formula is C24H26F3NO4. The lowest BCUT2D eigenvalue weighted by Crippen LogP contribution is -2.51. The first kappa shape index (κ1) is 23.6. The minimum absolute atomic E-state index is 0.165. The van der Waals surface area contributed by atoms with Gasteiger partial charge < -0.3 is 9.47 Å². The van der Waals surface area contributed by atoms with Crippen molar-refractivity contribution < 1.29 is 32.2 Å². The highest BCUT2D eigenvalue weighted by molar-refractivity contribution is 5.86. The van der Waals surface area contributed by atoms with E-state index in [4.69, 9.17) is 9.47 Å². The number of methoxy groups -OCH3 is 1. The first-order chi connectivity index (χ1) is 15.2. The van der Waals surface area contributed by atoms with Gasteiger partial charge >= 0.3 is 12.3 Å². The molecule has 172 valence electrons. The van der Waals surface area contributed by atoms with Crippen LogP contribution in [-0.2, 0) is 22.6 Å². The van der Waals surface area contributed by atoms with Gasteiger partial charge in [0, 0.05) is 0 Å². The summed E-state index contributed by atoms with van der Waals surface area (Å²) < 4.78 is 51.7. The summed E-state index contributed by atoms with van der Waals surface area (Å²) >= 11 is 0. The van der Waals surface area contributed by atoms with E-state index in [0.29, 0.717) is 29.1 Å². The van der Waals surface area contributed by atoms with Crippen LogP contribution in [0.1, 0.15) is 30.9 Å². The van der Waals surface area contributed by atoms with Crippen LogP contribution in [0.3, 0.4) is 0 Å². The Morgan fingerprint density at radius 3 is 2.25 bits per heavy atom. The van der Waals surface area contributed by atoms with E-state index in [-0.39, 0.29) is 13.0 Å². The van der Waals surface area contributed by atoms with Gasteiger partial charge in [0.2, 0.25) is 0 Å². The van der Waals surface area contributed by atoms with Crippen LogP contribution in [0.15, 0.2) is 54.6 Å². The minimum atomic E-state index is -4.66. The van der Waals surface area contributed by atoms with Crippen LogP contribution in [-0.4, -0.2) is 42.1 Å². The van der Waals surface area contributed by atoms with Gasteiger partial charge in [-0.05, 0) is 55.4 Å². The fourth-order valence-corrected chi connectivity index (χ4v) is 4.22. The molecule has 0 radical (unpaired) electrons. The first-order valence-electron chi connectivity index (χ1n) is 10.4. The molecule has 8 heteroatoms. The summed E-state index contributed by atoms with van der Waals surface area (Å²) in [6, 6.07) is 12.7. The summed E-state index contributed by atoms with van der Waals surface area (Å²) in [7, 11) is 1.55. The third-order valence-electron chi connectivity index (χ3n) is 5.78. The molecule has 1 heterocycles. The van der Waals surface area contributed by atoms with E-state index in [1.165, 1.54) is 6.92 Å². The number of rotatable bonds is 7. The van der Waals surface area contributed by atoms with E-state index in [1.54, 1.807) is 49.6 Å². The van der Waals surface area contributed by atoms with Gasteiger partial charge in [0.1, 0.15) is 18.4 Å². The smallest absolute Gasteiger partial charge is 0.411 e. The second-order valence-corrected chi connectivity index (χ2v) is 7.94. The topological polar surface area (TPSA) is 55.8 Å². The Kier molecular flexibility index (Phi) is 7.43. The van der Waals surface area contributed by atoms with Crippen molar-refractivity contribution in [2.75, 3.05) is 7.11 Å². The van der Waals surface area contributed by atoms with Crippen molar-refractivity contribution in [3.63, 3.8) is 0 Å². The molecule has 0 bridgehead atoms. The number of likely N-dealkylation sites (tertiary alicyclic amines) is 1. The van der Waals surface area contributed by atoms with Crippen molar-refractivity contribution in [1.82, 2.24) is 4.90 Å². The Morgan fingerprint density at radius 2 is 1.69 bits per heavy atom. The second-order valence-electron chi connectivity index (χ2n) is 7.94. The van der Waals surface area contributed by atoms with Crippen LogP contribution in [0, 0.1) is 5.92 Å². The fourth-order valence-electron chi connectivity index (χ4n) is 4.22. The molecule has 1 aliphatic heterocycles. The largest absolute Gasteiger partial charge is 0.497 e. The fraction of sp³-hybridized carbons (Fsp3) is 0.417. The summed E-state index contributed by atoms with van der Waals surface area (Å²) in [4.78, 5) is 25.7. The number of alkyl halides is 3. The minimum Gasteiger partial charge on any atom is -0.497 e. The van der Waals surface area contributed by atoms with Crippen LogP contribution in [0.2, 0.25) is 0 Å². The number of aryl methyl sites for hydroxylation is 1. The van der Waals surface area contributed by atoms with Gasteiger partial charge in [-0.1, -0.05) is 42.5 Å². The monoisotopic (exact) mass is 449 g/mol. The molecule has 2 aromatic carbocycles. The molecule has 0 aromatic heterocycles. The third kappa shape index (κ3) is 5.60. The number of ketones is 1. The predicted octanol–water partition coefficient (Wildman–Crippen LogP) is 5.18. The van der Waals surface area contributed by atoms with Crippen molar-refractivity contribution >= 4 is 11.9 Å². The molecular weight excluding hydrogens is 423 g/mol. The molecule has 3 atom stereocenters. The molecule has 1 saturated heterocycles. The molecule has 0 N–H and O–H groups in total. The average Bonchev–Trinajstić information content (AvgIpc) is 3.18. The number of ether oxygens (including phenoxy) is 2. The van der Waals surface area contributed by atoms with Gasteiger partial charge in [-0.3, -0.25) is 9.69 Å². The average molecular weight is 449 g/mol. The lowest BCUT2D eigenvalue weighted by atomic mass is 9.90. The molecule has 0 spiro atoms. The van der Waals surface area contributed by atoms with E-state index in [1.807, 2.05) is 12.1 Å². The van der Waals surface area contributed by atoms with Gasteiger partial charge in [0.25, 0.3) is 0 Å². The van der Waals surface area contributed by atoms with E-state index in [9.17, 15) is 22.8 Å². The van der Waals surface area contributed by atoms with Gasteiger partial charge in [-0.15, -0.1) is 0 Å². The maximum Gasteiger partial charge on any atom is 0.411 e. The number of hydrogen-bond donors (Lipinski definition) is 0. The maximum atomic E-state index is 13.8. The van der Waals surface area contributed by atoms with Gasteiger partial charge in [-0.25, -0.2) is 4.79 Å². The second kappa shape index (κ2) is 10.1. The van der Waals surface area contributed by atoms with Crippen LogP contribution in [0.25, 0.3) is 0 Å². The van der Waals surface area contributed by atoms with Gasteiger partial charge in [0.15, 0.2) is 5.78 Å². The van der Waals surface area contributed by atoms with Crippen molar-refractivity contribution in [1.29, 1.82) is 0 Å². The quantitative estimate of drug-likeness (QED) is 0.585. The lowest BCUT2D eigenvalue weighted by Gasteiger charge is -2.30. The SMILES string of the molecule is COc1ccc(CC[C@H]2C[C@@H](C(F)(F)F)N(C(=O)OCc3ccccc3)[C@H]2C(C)=O)cc1. The predicted molar refractivity (Wildman–Crippen MR) is 112 cm³/mol. The molecule has 2 aromatic rings. The van der Waals surface area contributed by atoms with E-state index >= 15 is 0 Å². The summed E-state index contributed by atoms with van der Waals surface area (Å²) in [5.41, 5.74) is 1.57. The highest BCUT2D eigenvalue weighted by Gasteiger charge is 2.57. The van der Waals surface area contributed by atoms with Crippen LogP contribution in [0.5, 0.6) is 5.75 Å². The zero-order valence-electron chi connectivity index (χ0n) is 18.0. The standard InChI is InChI=1S/C24H26F3NO4/c1-16(29)22-19(11-8-17-9-12-20(31-2)13-10-17)14-21(24(25,26)27)28(22)23(30)32-15-18-6-4-3-5-7-18/h3-7,9-10,12-13,19,21-22H,8,11,14-15H2,1-2H3/t19-,21-,22-/m0/s1. The Hall–Kier alpha value is -3.03. The summed E-state index contributed by atoms with van der Waals surface area (Å²) in [6.45, 7) is 1.06. The molecule has 3 rings (SSSR count). The highest BCUT2D eigenvalue weighted by Crippen LogP contribution is 2.42. The Bertz CT molecular complexity index is 915. The number of halogens is 3. The van der Waals surface area contributed by atoms with Crippen molar-refractivity contribution in [3.8, 4) is 5.75 Å². The van der Waals surface area contributed by atoms with Gasteiger partial charge in [0.05, 0.1) is 13.2 Å². The maximum absolute atomic E-state index is 13.8. The third-order valence-corrected chi connectivity index (χ3v) is 5.78. The van der Waals surface area contributed by atoms with Gasteiger partial charge in [-0.2, -0.15) is 13.2 Å². The molecule has 1 fully saturated rings. The number of nitrogens with zero attached hydrogens (tertiary/aromatic N) is 1. The van der Waals surface area contributed by atoms with E-state index in [0.717, 1.165) is 5.56 Å². The normalized spacial score (nSPS) is 20.8. The molecule has 0 saturated carbocycles. The molecule has 1 amide bonds. The van der Waals surface area contributed by atoms with Crippen LogP contribution >= 0.6 is 0 Å². The highest BCUT2D eigenvalue weighted by atomic mass is 19.4. The zero-order chi connectivity index (χ0) is 23.3. The zero-order valence-corrected chi connectivity index (χ0v) is 18.0. The number of benzene rings is 2. The number of hydrogen-bond acceptors (Lipinski definition) is 4. The molecule has 5 nitrogen and oxygen atoms in total. The Morgan fingerprint density at radius 1 is 1.03 bits per heavy atom. The molecule has 1 aliphatic rings. The Labute approximate surface area is 185 Å². The van der Waals surface area contributed by atoms with Crippen LogP contribution in [0.4, 0.5) is 18.0 Å². The van der Waals surface area contributed by atoms with Crippen LogP contribution < -0.4 is 4.74 Å². The number of amides is 1. The molecule has 32 heavy (non-hydrogen) atoms. The summed E-state index contributed by atoms with van der Waals surface area (Å²) in [5.74, 6) is -0.417. The Balaban J connectivity index is 1.76. The number of Topliss-reactive ketones (excluding diaryl/α,β-unsaturated/α-hetero) is 1. The first-order valence-corrected chi connectivity index (χ1v) is 10.4. The van der Waals surface area contributed by atoms with E-state index in [2.05, 4.69) is 0 Å². The molecule has 0 unspecified atom stereocenters. The van der Waals surface area contributed by atoms with Crippen molar-refractivity contribution in [3.05, 3.63) is 65.7 Å². The van der Waals surface area contributed by atoms with E-state index < -0.39 is 36.1 Å². The number of carbonyl (C=O) groups is 2. The summed E-state index contributed by atoms with van der Waals surface area (Å²) in [6.07, 6.45) is -5.29. The number of carbonyl (C=O) groups excluding carboxylic acids is 2. The molecule has 0 aliphatic carbocycles. The summed E-state index contributed by atoms with van der Waals surface area (Å²) in [5, 5.41) is 0.